The molecule has 0 amide bonds. The Morgan fingerprint density at radius 1 is 1.25 bits per heavy atom. The maximum Gasteiger partial charge on any atom is 0.0890 e. The average molecular weight is 327 g/mol. The molecule has 0 aliphatic carbocycles. The number of aliphatic hydroxyl groups is 1. The van der Waals surface area contributed by atoms with Crippen molar-refractivity contribution in [1.82, 2.24) is 14.9 Å². The summed E-state index contributed by atoms with van der Waals surface area (Å²) in [6, 6.07) is 8.04. The summed E-state index contributed by atoms with van der Waals surface area (Å²) in [7, 11) is 0. The van der Waals surface area contributed by atoms with Gasteiger partial charge in [0.2, 0.25) is 0 Å². The third-order valence-corrected chi connectivity index (χ3v) is 5.26. The lowest BCUT2D eigenvalue weighted by atomic mass is 9.78. The third kappa shape index (κ3) is 3.76. The van der Waals surface area contributed by atoms with Gasteiger partial charge in [0.05, 0.1) is 28.0 Å². The van der Waals surface area contributed by atoms with Crippen LogP contribution in [0.2, 0.25) is 0 Å². The summed E-state index contributed by atoms with van der Waals surface area (Å²) in [6.45, 7) is 11.2. The lowest BCUT2D eigenvalue weighted by Crippen LogP contribution is -2.50. The van der Waals surface area contributed by atoms with Crippen LogP contribution in [-0.2, 0) is 6.54 Å². The number of benzene rings is 1. The first-order chi connectivity index (χ1) is 11.3. The third-order valence-electron chi connectivity index (χ3n) is 5.26. The molecular formula is C20H29N3O. The summed E-state index contributed by atoms with van der Waals surface area (Å²) < 4.78 is 0. The number of para-hydroxylation sites is 2. The quantitative estimate of drug-likeness (QED) is 0.933. The number of aromatic nitrogens is 2. The number of hydrogen-bond donors (Lipinski definition) is 1. The van der Waals surface area contributed by atoms with E-state index in [1.165, 1.54) is 0 Å². The minimum atomic E-state index is -0.551. The maximum absolute atomic E-state index is 10.7. The highest BCUT2D eigenvalue weighted by Crippen LogP contribution is 2.33. The zero-order valence-corrected chi connectivity index (χ0v) is 15.3. The Bertz CT molecular complexity index is 711. The molecule has 4 nitrogen and oxygen atoms in total. The number of aryl methyl sites for hydroxylation is 1. The Morgan fingerprint density at radius 2 is 1.92 bits per heavy atom. The van der Waals surface area contributed by atoms with E-state index in [2.05, 4.69) is 18.7 Å². The first-order valence-corrected chi connectivity index (χ1v) is 9.02. The summed E-state index contributed by atoms with van der Waals surface area (Å²) >= 11 is 0. The molecule has 2 heterocycles. The van der Waals surface area contributed by atoms with Crippen LogP contribution in [0.5, 0.6) is 0 Å². The maximum atomic E-state index is 10.7. The van der Waals surface area contributed by atoms with Crippen LogP contribution in [0.25, 0.3) is 11.0 Å². The fourth-order valence-electron chi connectivity index (χ4n) is 3.72. The first kappa shape index (κ1) is 17.3. The summed E-state index contributed by atoms with van der Waals surface area (Å²) in [4.78, 5) is 12.0. The molecule has 24 heavy (non-hydrogen) atoms. The van der Waals surface area contributed by atoms with Crippen LogP contribution in [0.15, 0.2) is 24.3 Å². The van der Waals surface area contributed by atoms with Crippen molar-refractivity contribution in [2.45, 2.75) is 52.7 Å². The Hall–Kier alpha value is -1.52. The van der Waals surface area contributed by atoms with Crippen LogP contribution >= 0.6 is 0 Å². The van der Waals surface area contributed by atoms with E-state index in [1.54, 1.807) is 0 Å². The van der Waals surface area contributed by atoms with Crippen LogP contribution in [0.3, 0.4) is 0 Å². The molecule has 0 radical (unpaired) electrons. The van der Waals surface area contributed by atoms with E-state index in [1.807, 2.05) is 38.1 Å². The zero-order chi connectivity index (χ0) is 17.3. The minimum absolute atomic E-state index is 0.319. The van der Waals surface area contributed by atoms with Gasteiger partial charge >= 0.3 is 0 Å². The predicted octanol–water partition coefficient (Wildman–Crippen LogP) is 3.56. The van der Waals surface area contributed by atoms with Crippen molar-refractivity contribution in [2.24, 2.45) is 11.8 Å². The fourth-order valence-corrected chi connectivity index (χ4v) is 3.72. The van der Waals surface area contributed by atoms with Crippen molar-refractivity contribution in [3.05, 3.63) is 35.7 Å². The van der Waals surface area contributed by atoms with Gasteiger partial charge in [-0.25, -0.2) is 9.97 Å². The molecule has 1 fully saturated rings. The molecule has 4 heteroatoms. The number of nitrogens with zero attached hydrogens (tertiary/aromatic N) is 3. The van der Waals surface area contributed by atoms with Gasteiger partial charge in [0.15, 0.2) is 0 Å². The van der Waals surface area contributed by atoms with Gasteiger partial charge in [-0.2, -0.15) is 0 Å². The van der Waals surface area contributed by atoms with Gasteiger partial charge in [-0.3, -0.25) is 4.90 Å². The summed E-state index contributed by atoms with van der Waals surface area (Å²) in [5, 5.41) is 10.7. The van der Waals surface area contributed by atoms with Crippen LogP contribution in [0, 0.1) is 18.8 Å². The molecule has 1 aromatic carbocycles. The molecule has 1 aromatic heterocycles. The average Bonchev–Trinajstić information content (AvgIpc) is 2.51. The van der Waals surface area contributed by atoms with E-state index < -0.39 is 5.60 Å². The monoisotopic (exact) mass is 327 g/mol. The van der Waals surface area contributed by atoms with Gasteiger partial charge in [-0.05, 0) is 44.7 Å². The summed E-state index contributed by atoms with van der Waals surface area (Å²) in [5.74, 6) is 0.920. The van der Waals surface area contributed by atoms with Crippen LogP contribution < -0.4 is 0 Å². The minimum Gasteiger partial charge on any atom is -0.390 e. The highest BCUT2D eigenvalue weighted by Gasteiger charge is 2.37. The SMILES string of the molecule is Cc1nc2ccccc2nc1CN1CC[C@@](C)(O)[C@@H](CC(C)C)C1. The molecular weight excluding hydrogens is 298 g/mol. The predicted molar refractivity (Wildman–Crippen MR) is 97.7 cm³/mol. The number of piperidine rings is 1. The normalized spacial score (nSPS) is 25.5. The molecule has 0 spiro atoms. The first-order valence-electron chi connectivity index (χ1n) is 9.02. The van der Waals surface area contributed by atoms with Crippen molar-refractivity contribution < 1.29 is 5.11 Å². The van der Waals surface area contributed by atoms with Crippen molar-refractivity contribution >= 4 is 11.0 Å². The molecule has 1 aliphatic heterocycles. The Labute approximate surface area is 144 Å². The molecule has 1 N–H and O–H groups in total. The molecule has 1 aliphatic rings. The van der Waals surface area contributed by atoms with Gasteiger partial charge in [0.1, 0.15) is 0 Å². The van der Waals surface area contributed by atoms with Crippen molar-refractivity contribution in [3.63, 3.8) is 0 Å². The molecule has 2 aromatic rings. The van der Waals surface area contributed by atoms with Crippen molar-refractivity contribution in [3.8, 4) is 0 Å². The second-order valence-corrected chi connectivity index (χ2v) is 7.91. The van der Waals surface area contributed by atoms with E-state index in [9.17, 15) is 5.11 Å². The molecule has 2 atom stereocenters. The Morgan fingerprint density at radius 3 is 2.58 bits per heavy atom. The summed E-state index contributed by atoms with van der Waals surface area (Å²) in [6.07, 6.45) is 1.89. The van der Waals surface area contributed by atoms with E-state index in [-0.39, 0.29) is 0 Å². The lowest BCUT2D eigenvalue weighted by molar-refractivity contribution is -0.0666. The highest BCUT2D eigenvalue weighted by atomic mass is 16.3. The number of hydrogen-bond acceptors (Lipinski definition) is 4. The highest BCUT2D eigenvalue weighted by molar-refractivity contribution is 5.74. The summed E-state index contributed by atoms with van der Waals surface area (Å²) in [5.41, 5.74) is 3.43. The van der Waals surface area contributed by atoms with E-state index in [4.69, 9.17) is 9.97 Å². The second-order valence-electron chi connectivity index (χ2n) is 7.91. The second kappa shape index (κ2) is 6.77. The largest absolute Gasteiger partial charge is 0.390 e. The number of likely N-dealkylation sites (tertiary alicyclic amines) is 1. The standard InChI is InChI=1S/C20H29N3O/c1-14(2)11-16-12-23(10-9-20(16,4)24)13-19-15(3)21-17-7-5-6-8-18(17)22-19/h5-8,14,16,24H,9-13H2,1-4H3/t16-,20+/m0/s1. The smallest absolute Gasteiger partial charge is 0.0890 e. The molecule has 3 rings (SSSR count). The number of fused-ring (bicyclic) bond motifs is 1. The van der Waals surface area contributed by atoms with E-state index in [0.29, 0.717) is 11.8 Å². The van der Waals surface area contributed by atoms with Crippen LogP contribution in [0.4, 0.5) is 0 Å². The van der Waals surface area contributed by atoms with Gasteiger partial charge in [-0.1, -0.05) is 26.0 Å². The molecule has 0 saturated carbocycles. The van der Waals surface area contributed by atoms with E-state index >= 15 is 0 Å². The Balaban J connectivity index is 1.77. The van der Waals surface area contributed by atoms with E-state index in [0.717, 1.165) is 54.9 Å². The Kier molecular flexibility index (Phi) is 4.88. The molecule has 0 bridgehead atoms. The van der Waals surface area contributed by atoms with Gasteiger partial charge in [0, 0.05) is 25.6 Å². The van der Waals surface area contributed by atoms with Gasteiger partial charge in [-0.15, -0.1) is 0 Å². The zero-order valence-electron chi connectivity index (χ0n) is 15.3. The van der Waals surface area contributed by atoms with Crippen molar-refractivity contribution in [2.75, 3.05) is 13.1 Å². The van der Waals surface area contributed by atoms with Gasteiger partial charge < -0.3 is 5.11 Å². The van der Waals surface area contributed by atoms with Gasteiger partial charge in [0.25, 0.3) is 0 Å². The molecule has 130 valence electrons. The van der Waals surface area contributed by atoms with Crippen LogP contribution in [0.1, 0.15) is 45.0 Å². The van der Waals surface area contributed by atoms with Crippen LogP contribution in [-0.4, -0.2) is 38.7 Å². The molecule has 0 unspecified atom stereocenters. The number of rotatable bonds is 4. The molecule has 1 saturated heterocycles. The van der Waals surface area contributed by atoms with Crippen molar-refractivity contribution in [1.29, 1.82) is 0 Å². The lowest BCUT2D eigenvalue weighted by Gasteiger charge is -2.43. The topological polar surface area (TPSA) is 49.2 Å². The fraction of sp³-hybridized carbons (Fsp3) is 0.600.